The van der Waals surface area contributed by atoms with E-state index in [1.165, 1.54) is 6.08 Å². The van der Waals surface area contributed by atoms with Crippen LogP contribution in [0.2, 0.25) is 0 Å². The fourth-order valence-electron chi connectivity index (χ4n) is 1.48. The van der Waals surface area contributed by atoms with Gasteiger partial charge in [-0.15, -0.1) is 5.73 Å². The Kier molecular flexibility index (Phi) is 5.08. The highest BCUT2D eigenvalue weighted by atomic mass is 32.3. The highest BCUT2D eigenvalue weighted by molar-refractivity contribution is 8.36. The number of carbonyl (C=O) groups excluding carboxylic acids is 2. The molecule has 2 atom stereocenters. The minimum Gasteiger partial charge on any atom is -0.453 e. The van der Waals surface area contributed by atoms with Crippen LogP contribution in [0.15, 0.2) is 42.2 Å². The highest BCUT2D eigenvalue weighted by Gasteiger charge is 2.54. The van der Waals surface area contributed by atoms with Crippen molar-refractivity contribution in [1.29, 1.82) is 0 Å². The van der Waals surface area contributed by atoms with E-state index in [-0.39, 0.29) is 6.42 Å². The number of hydrogen-bond donors (Lipinski definition) is 2. The van der Waals surface area contributed by atoms with Gasteiger partial charge in [0.05, 0.1) is 0 Å². The average Bonchev–Trinajstić information content (AvgIpc) is 2.65. The lowest BCUT2D eigenvalue weighted by Gasteiger charge is -2.38. The van der Waals surface area contributed by atoms with Crippen molar-refractivity contribution in [3.05, 3.63) is 42.2 Å². The molecular weight excluding hydrogens is 287 g/mol. The Hall–Kier alpha value is -1.66. The number of alkyl halides is 1. The SMILES string of the molecule is C=C(C)C(F)(C(=O)OC1C=C=CC=CC1)S(O)(O)C=O. The summed E-state index contributed by atoms with van der Waals surface area (Å²) in [6.45, 7) is 4.27. The standard InChI is InChI=1S/C13H15FO5S/c1-10(2)13(14,20(17,18)9-15)12(16)19-11-7-5-3-4-6-8-11/h3-5,8-9,11,17-18H,1,7H2,2H3. The molecule has 1 rings (SSSR count). The van der Waals surface area contributed by atoms with E-state index in [0.717, 1.165) is 6.92 Å². The van der Waals surface area contributed by atoms with Gasteiger partial charge < -0.3 is 4.74 Å². The van der Waals surface area contributed by atoms with E-state index in [0.29, 0.717) is 0 Å². The van der Waals surface area contributed by atoms with E-state index in [2.05, 4.69) is 12.3 Å². The maximum atomic E-state index is 14.6. The van der Waals surface area contributed by atoms with Crippen LogP contribution in [-0.2, 0) is 14.3 Å². The molecule has 0 spiro atoms. The third-order valence-corrected chi connectivity index (χ3v) is 4.21. The highest BCUT2D eigenvalue weighted by Crippen LogP contribution is 2.55. The third-order valence-electron chi connectivity index (χ3n) is 2.60. The van der Waals surface area contributed by atoms with Gasteiger partial charge in [0.25, 0.3) is 0 Å². The molecule has 0 bridgehead atoms. The summed E-state index contributed by atoms with van der Waals surface area (Å²) in [4.78, 5) is 22.5. The van der Waals surface area contributed by atoms with Gasteiger partial charge in [-0.3, -0.25) is 13.9 Å². The maximum Gasteiger partial charge on any atom is 0.369 e. The average molecular weight is 302 g/mol. The van der Waals surface area contributed by atoms with Gasteiger partial charge in [-0.2, -0.15) is 0 Å². The number of rotatable bonds is 5. The third kappa shape index (κ3) is 3.08. The summed E-state index contributed by atoms with van der Waals surface area (Å²) >= 11 is 0. The number of allylic oxidation sites excluding steroid dienone is 1. The summed E-state index contributed by atoms with van der Waals surface area (Å²) in [5.41, 5.74) is 1.78. The predicted octanol–water partition coefficient (Wildman–Crippen LogP) is 2.75. The van der Waals surface area contributed by atoms with Crippen LogP contribution in [0, 0.1) is 0 Å². The topological polar surface area (TPSA) is 83.8 Å². The zero-order valence-electron chi connectivity index (χ0n) is 10.8. The van der Waals surface area contributed by atoms with Gasteiger partial charge in [-0.05, 0) is 24.6 Å². The predicted molar refractivity (Wildman–Crippen MR) is 74.5 cm³/mol. The molecule has 5 nitrogen and oxygen atoms in total. The van der Waals surface area contributed by atoms with Crippen LogP contribution in [0.25, 0.3) is 0 Å². The molecule has 7 heteroatoms. The van der Waals surface area contributed by atoms with Crippen LogP contribution in [-0.4, -0.2) is 31.8 Å². The molecule has 0 aromatic heterocycles. The first-order valence-corrected chi connectivity index (χ1v) is 7.23. The van der Waals surface area contributed by atoms with Gasteiger partial charge in [0, 0.05) is 6.42 Å². The second-order valence-electron chi connectivity index (χ2n) is 4.17. The minimum absolute atomic E-state index is 0.280. The largest absolute Gasteiger partial charge is 0.453 e. The van der Waals surface area contributed by atoms with Crippen LogP contribution < -0.4 is 0 Å². The van der Waals surface area contributed by atoms with Crippen molar-refractivity contribution in [2.24, 2.45) is 0 Å². The van der Waals surface area contributed by atoms with E-state index >= 15 is 0 Å². The lowest BCUT2D eigenvalue weighted by Crippen LogP contribution is -2.43. The molecule has 20 heavy (non-hydrogen) atoms. The first-order valence-electron chi connectivity index (χ1n) is 5.62. The van der Waals surface area contributed by atoms with Gasteiger partial charge in [0.2, 0.25) is 5.62 Å². The quantitative estimate of drug-likeness (QED) is 0.353. The fraction of sp³-hybridized carbons (Fsp3) is 0.308. The number of esters is 1. The van der Waals surface area contributed by atoms with Crippen LogP contribution in [0.4, 0.5) is 4.39 Å². The molecular formula is C13H15FO5S. The van der Waals surface area contributed by atoms with Crippen LogP contribution in [0.3, 0.4) is 0 Å². The summed E-state index contributed by atoms with van der Waals surface area (Å²) in [6, 6.07) is 0. The Bertz CT molecular complexity index is 519. The van der Waals surface area contributed by atoms with Crippen LogP contribution in [0.1, 0.15) is 13.3 Å². The van der Waals surface area contributed by atoms with Crippen molar-refractivity contribution >= 4 is 22.2 Å². The molecule has 0 aromatic carbocycles. The van der Waals surface area contributed by atoms with Gasteiger partial charge in [0.15, 0.2) is 0 Å². The van der Waals surface area contributed by atoms with E-state index in [1.54, 1.807) is 18.2 Å². The lowest BCUT2D eigenvalue weighted by molar-refractivity contribution is -0.153. The molecule has 0 saturated carbocycles. The Morgan fingerprint density at radius 1 is 1.65 bits per heavy atom. The molecule has 1 aliphatic rings. The Balaban J connectivity index is 3.02. The first kappa shape index (κ1) is 16.4. The zero-order valence-corrected chi connectivity index (χ0v) is 11.6. The summed E-state index contributed by atoms with van der Waals surface area (Å²) in [5.74, 6) is -1.56. The summed E-state index contributed by atoms with van der Waals surface area (Å²) in [7, 11) is -4.50. The molecule has 2 N–H and O–H groups in total. The van der Waals surface area contributed by atoms with Crippen molar-refractivity contribution < 1.29 is 27.8 Å². The Morgan fingerprint density at radius 3 is 2.85 bits per heavy atom. The molecule has 0 saturated heterocycles. The summed E-state index contributed by atoms with van der Waals surface area (Å²) < 4.78 is 38.4. The second-order valence-corrected chi connectivity index (χ2v) is 6.11. The zero-order chi connectivity index (χ0) is 15.4. The summed E-state index contributed by atoms with van der Waals surface area (Å²) in [5, 5.41) is -3.36. The van der Waals surface area contributed by atoms with Crippen LogP contribution >= 0.6 is 10.6 Å². The number of ether oxygens (including phenoxy) is 1. The first-order chi connectivity index (χ1) is 9.25. The Morgan fingerprint density at radius 2 is 2.30 bits per heavy atom. The van der Waals surface area contributed by atoms with E-state index in [9.17, 15) is 23.1 Å². The van der Waals surface area contributed by atoms with Gasteiger partial charge in [-0.25, -0.2) is 9.18 Å². The van der Waals surface area contributed by atoms with Gasteiger partial charge >= 0.3 is 11.0 Å². The van der Waals surface area contributed by atoms with Gasteiger partial charge in [-0.1, -0.05) is 29.3 Å². The van der Waals surface area contributed by atoms with Crippen molar-refractivity contribution in [3.8, 4) is 0 Å². The lowest BCUT2D eigenvalue weighted by atomic mass is 10.2. The second kappa shape index (κ2) is 6.19. The number of carbonyl (C=O) groups is 2. The van der Waals surface area contributed by atoms with E-state index in [4.69, 9.17) is 4.74 Å². The molecule has 0 radical (unpaired) electrons. The van der Waals surface area contributed by atoms with Crippen molar-refractivity contribution in [2.45, 2.75) is 24.4 Å². The minimum atomic E-state index is -4.50. The fourth-order valence-corrected chi connectivity index (χ4v) is 2.42. The smallest absolute Gasteiger partial charge is 0.369 e. The molecule has 0 aliphatic heterocycles. The number of halogens is 1. The molecule has 0 heterocycles. The normalized spacial score (nSPS) is 21.7. The molecule has 2 unspecified atom stereocenters. The van der Waals surface area contributed by atoms with E-state index in [1.807, 2.05) is 0 Å². The van der Waals surface area contributed by atoms with Crippen molar-refractivity contribution in [1.82, 2.24) is 0 Å². The summed E-state index contributed by atoms with van der Waals surface area (Å²) in [6.07, 6.45) is 5.78. The maximum absolute atomic E-state index is 14.6. The molecule has 1 aliphatic carbocycles. The van der Waals surface area contributed by atoms with Crippen molar-refractivity contribution in [2.75, 3.05) is 0 Å². The molecule has 0 fully saturated rings. The monoisotopic (exact) mass is 302 g/mol. The van der Waals surface area contributed by atoms with Crippen molar-refractivity contribution in [3.63, 3.8) is 0 Å². The van der Waals surface area contributed by atoms with Crippen LogP contribution in [0.5, 0.6) is 0 Å². The molecule has 0 amide bonds. The van der Waals surface area contributed by atoms with Gasteiger partial charge in [0.1, 0.15) is 6.10 Å². The van der Waals surface area contributed by atoms with E-state index < -0.39 is 38.9 Å². The molecule has 110 valence electrons. The number of hydrogen-bond acceptors (Lipinski definition) is 5. The Labute approximate surface area is 117 Å². The molecule has 0 aromatic rings.